The fourth-order valence-corrected chi connectivity index (χ4v) is 3.68. The van der Waals surface area contributed by atoms with Gasteiger partial charge in [-0.2, -0.15) is 10.4 Å². The average molecular weight is 391 g/mol. The van der Waals surface area contributed by atoms with Crippen LogP contribution in [0.15, 0.2) is 42.5 Å². The number of nitrogens with zero attached hydrogens (tertiary/aromatic N) is 3. The zero-order valence-corrected chi connectivity index (χ0v) is 16.4. The lowest BCUT2D eigenvalue weighted by molar-refractivity contribution is 0.0602. The average Bonchev–Trinajstić information content (AvgIpc) is 3.00. The lowest BCUT2D eigenvalue weighted by atomic mass is 9.90. The molecule has 1 aliphatic heterocycles. The van der Waals surface area contributed by atoms with Crippen LogP contribution in [0.5, 0.6) is 0 Å². The van der Waals surface area contributed by atoms with Gasteiger partial charge in [-0.25, -0.2) is 0 Å². The number of likely N-dealkylation sites (tertiary alicyclic amines) is 1. The van der Waals surface area contributed by atoms with E-state index < -0.39 is 0 Å². The minimum atomic E-state index is 0.0125. The molecule has 0 aliphatic carbocycles. The van der Waals surface area contributed by atoms with E-state index in [0.29, 0.717) is 35.2 Å². The minimum Gasteiger partial charge on any atom is -0.337 e. The van der Waals surface area contributed by atoms with Crippen LogP contribution < -0.4 is 0 Å². The van der Waals surface area contributed by atoms with Gasteiger partial charge in [-0.15, -0.1) is 0 Å². The number of halogens is 1. The van der Waals surface area contributed by atoms with Crippen LogP contribution in [-0.2, 0) is 0 Å². The SMILES string of the molecule is Cc1ccc(C(=O)N2CC(c3ccc(C#N)cc3)C2)cc1-c1[nH]nc(C)c1Cl. The maximum Gasteiger partial charge on any atom is 0.253 e. The van der Waals surface area contributed by atoms with Crippen LogP contribution in [0.2, 0.25) is 5.02 Å². The highest BCUT2D eigenvalue weighted by atomic mass is 35.5. The smallest absolute Gasteiger partial charge is 0.253 e. The van der Waals surface area contributed by atoms with Crippen molar-refractivity contribution >= 4 is 17.5 Å². The molecule has 1 N–H and O–H groups in total. The first-order valence-electron chi connectivity index (χ1n) is 9.08. The quantitative estimate of drug-likeness (QED) is 0.717. The maximum atomic E-state index is 12.9. The molecule has 6 heteroatoms. The maximum absolute atomic E-state index is 12.9. The predicted molar refractivity (Wildman–Crippen MR) is 108 cm³/mol. The van der Waals surface area contributed by atoms with Crippen molar-refractivity contribution < 1.29 is 4.79 Å². The molecule has 0 radical (unpaired) electrons. The molecule has 5 nitrogen and oxygen atoms in total. The molecule has 140 valence electrons. The molecule has 1 aliphatic rings. The van der Waals surface area contributed by atoms with Gasteiger partial charge in [-0.3, -0.25) is 9.89 Å². The Hall–Kier alpha value is -3.10. The Kier molecular flexibility index (Phi) is 4.66. The summed E-state index contributed by atoms with van der Waals surface area (Å²) in [5.74, 6) is 0.324. The monoisotopic (exact) mass is 390 g/mol. The second kappa shape index (κ2) is 7.14. The number of carbonyl (C=O) groups is 1. The van der Waals surface area contributed by atoms with Crippen LogP contribution in [0.3, 0.4) is 0 Å². The fourth-order valence-electron chi connectivity index (χ4n) is 3.49. The molecule has 3 aromatic rings. The summed E-state index contributed by atoms with van der Waals surface area (Å²) in [5.41, 5.74) is 5.85. The third-order valence-electron chi connectivity index (χ3n) is 5.31. The van der Waals surface area contributed by atoms with E-state index >= 15 is 0 Å². The number of hydrogen-bond donors (Lipinski definition) is 1. The summed E-state index contributed by atoms with van der Waals surface area (Å²) in [4.78, 5) is 14.8. The van der Waals surface area contributed by atoms with Crippen molar-refractivity contribution in [3.05, 3.63) is 75.4 Å². The number of nitriles is 1. The van der Waals surface area contributed by atoms with Gasteiger partial charge in [0.25, 0.3) is 5.91 Å². The Bertz CT molecular complexity index is 1090. The number of hydrogen-bond acceptors (Lipinski definition) is 3. The van der Waals surface area contributed by atoms with E-state index in [1.165, 1.54) is 0 Å². The molecule has 0 unspecified atom stereocenters. The number of aromatic nitrogens is 2. The molecule has 2 heterocycles. The first-order valence-corrected chi connectivity index (χ1v) is 9.46. The fraction of sp³-hybridized carbons (Fsp3) is 0.227. The zero-order chi connectivity index (χ0) is 19.8. The van der Waals surface area contributed by atoms with E-state index in [1.807, 2.05) is 61.2 Å². The van der Waals surface area contributed by atoms with Gasteiger partial charge in [0.2, 0.25) is 0 Å². The number of carbonyl (C=O) groups excluding carboxylic acids is 1. The van der Waals surface area contributed by atoms with Gasteiger partial charge in [0.1, 0.15) is 0 Å². The molecule has 0 atom stereocenters. The lowest BCUT2D eigenvalue weighted by Crippen LogP contribution is -2.48. The van der Waals surface area contributed by atoms with Crippen molar-refractivity contribution in [2.45, 2.75) is 19.8 Å². The Labute approximate surface area is 168 Å². The lowest BCUT2D eigenvalue weighted by Gasteiger charge is -2.39. The topological polar surface area (TPSA) is 72.8 Å². The zero-order valence-electron chi connectivity index (χ0n) is 15.7. The van der Waals surface area contributed by atoms with E-state index in [-0.39, 0.29) is 5.91 Å². The highest BCUT2D eigenvalue weighted by molar-refractivity contribution is 6.33. The van der Waals surface area contributed by atoms with Crippen LogP contribution in [0.1, 0.15) is 38.7 Å². The Morgan fingerprint density at radius 1 is 1.21 bits per heavy atom. The summed E-state index contributed by atoms with van der Waals surface area (Å²) in [7, 11) is 0. The molecule has 28 heavy (non-hydrogen) atoms. The van der Waals surface area contributed by atoms with Gasteiger partial charge in [0.05, 0.1) is 28.0 Å². The summed E-state index contributed by atoms with van der Waals surface area (Å²) in [5, 5.41) is 16.6. The van der Waals surface area contributed by atoms with Crippen LogP contribution >= 0.6 is 11.6 Å². The molecule has 2 aromatic carbocycles. The largest absolute Gasteiger partial charge is 0.337 e. The third kappa shape index (κ3) is 3.17. The molecular formula is C22H19ClN4O. The van der Waals surface area contributed by atoms with Gasteiger partial charge < -0.3 is 4.90 Å². The van der Waals surface area contributed by atoms with Crippen molar-refractivity contribution in [2.24, 2.45) is 0 Å². The number of benzene rings is 2. The van der Waals surface area contributed by atoms with Gasteiger partial charge in [0.15, 0.2) is 0 Å². The standard InChI is InChI=1S/C22H19ClN4O/c1-13-3-6-17(9-19(13)21-20(23)14(2)25-26-21)22(28)27-11-18(12-27)16-7-4-15(10-24)5-8-16/h3-9,18H,11-12H2,1-2H3,(H,25,26). The molecule has 1 saturated heterocycles. The second-order valence-electron chi connectivity index (χ2n) is 7.17. The summed E-state index contributed by atoms with van der Waals surface area (Å²) < 4.78 is 0. The molecule has 1 amide bonds. The Morgan fingerprint density at radius 2 is 1.93 bits per heavy atom. The third-order valence-corrected chi connectivity index (χ3v) is 5.77. The van der Waals surface area contributed by atoms with Gasteiger partial charge in [0, 0.05) is 30.1 Å². The van der Waals surface area contributed by atoms with E-state index in [0.717, 1.165) is 28.1 Å². The first-order chi connectivity index (χ1) is 13.5. The van der Waals surface area contributed by atoms with Crippen LogP contribution in [0, 0.1) is 25.2 Å². The van der Waals surface area contributed by atoms with Crippen molar-refractivity contribution in [3.8, 4) is 17.3 Å². The molecule has 0 spiro atoms. The van der Waals surface area contributed by atoms with Crippen LogP contribution in [0.25, 0.3) is 11.3 Å². The molecule has 0 bridgehead atoms. The molecular weight excluding hydrogens is 372 g/mol. The van der Waals surface area contributed by atoms with Gasteiger partial charge >= 0.3 is 0 Å². The number of H-pyrrole nitrogens is 1. The Balaban J connectivity index is 1.51. The highest BCUT2D eigenvalue weighted by Gasteiger charge is 2.32. The van der Waals surface area contributed by atoms with Crippen LogP contribution in [0.4, 0.5) is 0 Å². The Morgan fingerprint density at radius 3 is 2.54 bits per heavy atom. The second-order valence-corrected chi connectivity index (χ2v) is 7.55. The number of nitrogens with one attached hydrogen (secondary N) is 1. The molecule has 0 saturated carbocycles. The summed E-state index contributed by atoms with van der Waals surface area (Å²) in [6, 6.07) is 15.4. The summed E-state index contributed by atoms with van der Waals surface area (Å²) >= 11 is 6.35. The summed E-state index contributed by atoms with van der Waals surface area (Å²) in [6.07, 6.45) is 0. The van der Waals surface area contributed by atoms with Crippen molar-refractivity contribution in [3.63, 3.8) is 0 Å². The first kappa shape index (κ1) is 18.3. The van der Waals surface area contributed by atoms with Gasteiger partial charge in [-0.1, -0.05) is 29.8 Å². The van der Waals surface area contributed by atoms with Crippen molar-refractivity contribution in [2.75, 3.05) is 13.1 Å². The minimum absolute atomic E-state index is 0.0125. The predicted octanol–water partition coefficient (Wildman–Crippen LogP) is 4.46. The number of aromatic amines is 1. The van der Waals surface area contributed by atoms with Crippen molar-refractivity contribution in [1.29, 1.82) is 5.26 Å². The highest BCUT2D eigenvalue weighted by Crippen LogP contribution is 2.33. The molecule has 4 rings (SSSR count). The number of amides is 1. The van der Waals surface area contributed by atoms with Crippen molar-refractivity contribution in [1.82, 2.24) is 15.1 Å². The molecule has 1 aromatic heterocycles. The van der Waals surface area contributed by atoms with E-state index in [9.17, 15) is 4.79 Å². The van der Waals surface area contributed by atoms with E-state index in [2.05, 4.69) is 16.3 Å². The normalized spacial score (nSPS) is 13.9. The molecule has 1 fully saturated rings. The van der Waals surface area contributed by atoms with Gasteiger partial charge in [-0.05, 0) is 49.2 Å². The number of rotatable bonds is 3. The summed E-state index contributed by atoms with van der Waals surface area (Å²) in [6.45, 7) is 5.19. The van der Waals surface area contributed by atoms with E-state index in [4.69, 9.17) is 16.9 Å². The van der Waals surface area contributed by atoms with E-state index in [1.54, 1.807) is 0 Å². The van der Waals surface area contributed by atoms with Crippen LogP contribution in [-0.4, -0.2) is 34.1 Å². The number of aryl methyl sites for hydroxylation is 2.